The van der Waals surface area contributed by atoms with E-state index in [2.05, 4.69) is 10.6 Å². The smallest absolute Gasteiger partial charge is 0.240 e. The molecule has 0 saturated carbocycles. The van der Waals surface area contributed by atoms with Crippen molar-refractivity contribution in [3.8, 4) is 0 Å². The Morgan fingerprint density at radius 2 is 1.85 bits per heavy atom. The van der Waals surface area contributed by atoms with E-state index < -0.39 is 5.54 Å². The minimum Gasteiger partial charge on any atom is -0.346 e. The minimum atomic E-state index is -0.640. The SMILES string of the molecule is CC(C)(NC(=O)CNC(=O)CN)c1ccc(Cl)c(Cl)c1. The number of carbonyl (C=O) groups excluding carboxylic acids is 2. The number of amides is 2. The highest BCUT2D eigenvalue weighted by Gasteiger charge is 2.23. The average Bonchev–Trinajstić information content (AvgIpc) is 2.38. The molecule has 0 spiro atoms. The number of rotatable bonds is 5. The van der Waals surface area contributed by atoms with Gasteiger partial charge in [0.2, 0.25) is 11.8 Å². The molecule has 1 aromatic carbocycles. The van der Waals surface area contributed by atoms with Crippen molar-refractivity contribution in [1.82, 2.24) is 10.6 Å². The lowest BCUT2D eigenvalue weighted by atomic mass is 9.94. The maximum absolute atomic E-state index is 11.8. The summed E-state index contributed by atoms with van der Waals surface area (Å²) >= 11 is 11.8. The van der Waals surface area contributed by atoms with Gasteiger partial charge in [-0.25, -0.2) is 0 Å². The Kier molecular flexibility index (Phi) is 5.80. The Morgan fingerprint density at radius 3 is 2.40 bits per heavy atom. The third-order valence-corrected chi connectivity index (χ3v) is 3.46. The van der Waals surface area contributed by atoms with Crippen LogP contribution < -0.4 is 16.4 Å². The second-order valence-electron chi connectivity index (χ2n) is 4.78. The molecule has 110 valence electrons. The van der Waals surface area contributed by atoms with Crippen LogP contribution in [0, 0.1) is 0 Å². The fraction of sp³-hybridized carbons (Fsp3) is 0.385. The number of benzene rings is 1. The van der Waals surface area contributed by atoms with Gasteiger partial charge in [-0.15, -0.1) is 0 Å². The molecule has 0 heterocycles. The molecule has 0 aromatic heterocycles. The van der Waals surface area contributed by atoms with Crippen molar-refractivity contribution in [1.29, 1.82) is 0 Å². The van der Waals surface area contributed by atoms with Crippen LogP contribution in [0.25, 0.3) is 0 Å². The lowest BCUT2D eigenvalue weighted by molar-refractivity contribution is -0.126. The lowest BCUT2D eigenvalue weighted by Crippen LogP contribution is -2.46. The summed E-state index contributed by atoms with van der Waals surface area (Å²) in [4.78, 5) is 22.8. The standard InChI is InChI=1S/C13H17Cl2N3O2/c1-13(2,8-3-4-9(14)10(15)5-8)18-12(20)7-17-11(19)6-16/h3-5H,6-7,16H2,1-2H3,(H,17,19)(H,18,20). The molecule has 2 amide bonds. The normalized spacial score (nSPS) is 11.1. The fourth-order valence-corrected chi connectivity index (χ4v) is 1.90. The number of hydrogen-bond acceptors (Lipinski definition) is 3. The van der Waals surface area contributed by atoms with Gasteiger partial charge in [-0.05, 0) is 31.5 Å². The van der Waals surface area contributed by atoms with Crippen LogP contribution in [0.3, 0.4) is 0 Å². The zero-order chi connectivity index (χ0) is 15.3. The molecule has 0 fully saturated rings. The van der Waals surface area contributed by atoms with Gasteiger partial charge in [0.15, 0.2) is 0 Å². The highest BCUT2D eigenvalue weighted by Crippen LogP contribution is 2.28. The van der Waals surface area contributed by atoms with E-state index in [9.17, 15) is 9.59 Å². The Bertz CT molecular complexity index is 518. The Balaban J connectivity index is 2.71. The first-order chi connectivity index (χ1) is 9.26. The van der Waals surface area contributed by atoms with E-state index >= 15 is 0 Å². The van der Waals surface area contributed by atoms with E-state index in [-0.39, 0.29) is 24.9 Å². The summed E-state index contributed by atoms with van der Waals surface area (Å²) in [6, 6.07) is 5.15. The molecule has 0 aliphatic heterocycles. The van der Waals surface area contributed by atoms with E-state index in [0.717, 1.165) is 5.56 Å². The van der Waals surface area contributed by atoms with Crippen LogP contribution >= 0.6 is 23.2 Å². The molecule has 20 heavy (non-hydrogen) atoms. The molecule has 0 aliphatic rings. The Morgan fingerprint density at radius 1 is 1.20 bits per heavy atom. The fourth-order valence-electron chi connectivity index (χ4n) is 1.60. The number of nitrogens with two attached hydrogens (primary N) is 1. The van der Waals surface area contributed by atoms with E-state index in [1.807, 2.05) is 13.8 Å². The van der Waals surface area contributed by atoms with Crippen LogP contribution in [0.4, 0.5) is 0 Å². The minimum absolute atomic E-state index is 0.124. The van der Waals surface area contributed by atoms with Crippen molar-refractivity contribution in [2.45, 2.75) is 19.4 Å². The van der Waals surface area contributed by atoms with Gasteiger partial charge in [-0.2, -0.15) is 0 Å². The van der Waals surface area contributed by atoms with Crippen LogP contribution in [-0.4, -0.2) is 24.9 Å². The van der Waals surface area contributed by atoms with Crippen LogP contribution in [0.2, 0.25) is 10.0 Å². The third kappa shape index (κ3) is 4.67. The molecule has 0 unspecified atom stereocenters. The highest BCUT2D eigenvalue weighted by atomic mass is 35.5. The van der Waals surface area contributed by atoms with Crippen molar-refractivity contribution in [2.75, 3.05) is 13.1 Å². The summed E-state index contributed by atoms with van der Waals surface area (Å²) in [5.74, 6) is -0.699. The summed E-state index contributed by atoms with van der Waals surface area (Å²) in [6.07, 6.45) is 0. The largest absolute Gasteiger partial charge is 0.346 e. The predicted octanol–water partition coefficient (Wildman–Crippen LogP) is 1.42. The van der Waals surface area contributed by atoms with Crippen molar-refractivity contribution < 1.29 is 9.59 Å². The topological polar surface area (TPSA) is 84.2 Å². The third-order valence-electron chi connectivity index (χ3n) is 2.72. The molecule has 0 bridgehead atoms. The van der Waals surface area contributed by atoms with Gasteiger partial charge in [0.1, 0.15) is 0 Å². The van der Waals surface area contributed by atoms with E-state index in [1.54, 1.807) is 18.2 Å². The molecule has 0 atom stereocenters. The van der Waals surface area contributed by atoms with Gasteiger partial charge < -0.3 is 16.4 Å². The molecule has 4 N–H and O–H groups in total. The number of hydrogen-bond donors (Lipinski definition) is 3. The van der Waals surface area contributed by atoms with Crippen LogP contribution in [0.1, 0.15) is 19.4 Å². The van der Waals surface area contributed by atoms with Gasteiger partial charge in [-0.3, -0.25) is 9.59 Å². The van der Waals surface area contributed by atoms with Crippen molar-refractivity contribution in [2.24, 2.45) is 5.73 Å². The predicted molar refractivity (Wildman–Crippen MR) is 79.7 cm³/mol. The lowest BCUT2D eigenvalue weighted by Gasteiger charge is -2.27. The zero-order valence-electron chi connectivity index (χ0n) is 11.3. The van der Waals surface area contributed by atoms with Crippen LogP contribution in [-0.2, 0) is 15.1 Å². The van der Waals surface area contributed by atoms with Crippen molar-refractivity contribution in [3.05, 3.63) is 33.8 Å². The first-order valence-corrected chi connectivity index (χ1v) is 6.75. The second kappa shape index (κ2) is 6.92. The van der Waals surface area contributed by atoms with E-state index in [0.29, 0.717) is 10.0 Å². The monoisotopic (exact) mass is 317 g/mol. The molecule has 0 aliphatic carbocycles. The van der Waals surface area contributed by atoms with Gasteiger partial charge in [0.25, 0.3) is 0 Å². The summed E-state index contributed by atoms with van der Waals surface area (Å²) in [5.41, 5.74) is 5.31. The number of nitrogens with one attached hydrogen (secondary N) is 2. The summed E-state index contributed by atoms with van der Waals surface area (Å²) in [7, 11) is 0. The highest BCUT2D eigenvalue weighted by molar-refractivity contribution is 6.42. The van der Waals surface area contributed by atoms with Crippen LogP contribution in [0.5, 0.6) is 0 Å². The summed E-state index contributed by atoms with van der Waals surface area (Å²) < 4.78 is 0. The van der Waals surface area contributed by atoms with E-state index in [4.69, 9.17) is 28.9 Å². The maximum Gasteiger partial charge on any atom is 0.240 e. The first-order valence-electron chi connectivity index (χ1n) is 5.99. The Labute approximate surface area is 127 Å². The average molecular weight is 318 g/mol. The van der Waals surface area contributed by atoms with Gasteiger partial charge >= 0.3 is 0 Å². The molecule has 0 saturated heterocycles. The van der Waals surface area contributed by atoms with Gasteiger partial charge in [0, 0.05) is 0 Å². The van der Waals surface area contributed by atoms with Crippen molar-refractivity contribution >= 4 is 35.0 Å². The summed E-state index contributed by atoms with van der Waals surface area (Å²) in [5, 5.41) is 6.08. The van der Waals surface area contributed by atoms with E-state index in [1.165, 1.54) is 0 Å². The Hall–Kier alpha value is -1.30. The first kappa shape index (κ1) is 16.8. The molecule has 5 nitrogen and oxygen atoms in total. The zero-order valence-corrected chi connectivity index (χ0v) is 12.8. The second-order valence-corrected chi connectivity index (χ2v) is 5.60. The molecular formula is C13H17Cl2N3O2. The quantitative estimate of drug-likeness (QED) is 0.768. The van der Waals surface area contributed by atoms with Gasteiger partial charge in [0.05, 0.1) is 28.7 Å². The molecular weight excluding hydrogens is 301 g/mol. The number of carbonyl (C=O) groups is 2. The molecule has 7 heteroatoms. The van der Waals surface area contributed by atoms with Crippen LogP contribution in [0.15, 0.2) is 18.2 Å². The summed E-state index contributed by atoms with van der Waals surface area (Å²) in [6.45, 7) is 3.38. The maximum atomic E-state index is 11.8. The van der Waals surface area contributed by atoms with Crippen molar-refractivity contribution in [3.63, 3.8) is 0 Å². The van der Waals surface area contributed by atoms with Gasteiger partial charge in [-0.1, -0.05) is 29.3 Å². The number of halogens is 2. The molecule has 1 rings (SSSR count). The molecule has 0 radical (unpaired) electrons. The molecule has 1 aromatic rings.